The van der Waals surface area contributed by atoms with Crippen molar-refractivity contribution in [2.24, 2.45) is 16.6 Å². The minimum Gasteiger partial charge on any atom is -0.351 e. The molecule has 2 aliphatic rings. The lowest BCUT2D eigenvalue weighted by atomic mass is 9.51. The molecule has 0 radical (unpaired) electrons. The van der Waals surface area contributed by atoms with E-state index < -0.39 is 6.03 Å². The second-order valence-electron chi connectivity index (χ2n) is 6.35. The summed E-state index contributed by atoms with van der Waals surface area (Å²) < 4.78 is 0. The van der Waals surface area contributed by atoms with Crippen LogP contribution in [0.15, 0.2) is 23.9 Å². The molecule has 3 N–H and O–H groups in total. The lowest BCUT2D eigenvalue weighted by Crippen LogP contribution is -2.44. The number of carbonyl (C=O) groups excluding carboxylic acids is 1. The third-order valence-electron chi connectivity index (χ3n) is 5.05. The first kappa shape index (κ1) is 13.2. The number of urea groups is 1. The Morgan fingerprint density at radius 3 is 2.61 bits per heavy atom. The highest BCUT2D eigenvalue weighted by atomic mass is 16.2. The molecule has 3 nitrogen and oxygen atoms in total. The van der Waals surface area contributed by atoms with Gasteiger partial charge in [0.2, 0.25) is 0 Å². The lowest BCUT2D eigenvalue weighted by molar-refractivity contribution is 0.0571. The average Bonchev–Trinajstić information content (AvgIpc) is 2.27. The number of nitrogens with two attached hydrogens (primary N) is 1. The van der Waals surface area contributed by atoms with Gasteiger partial charge in [-0.25, -0.2) is 4.79 Å². The van der Waals surface area contributed by atoms with Gasteiger partial charge in [-0.1, -0.05) is 32.1 Å². The van der Waals surface area contributed by atoms with E-state index in [4.69, 9.17) is 5.73 Å². The molecule has 0 heterocycles. The molecule has 0 aromatic heterocycles. The minimum atomic E-state index is -0.459. The van der Waals surface area contributed by atoms with E-state index in [1.807, 2.05) is 0 Å². The molecule has 100 valence electrons. The first-order valence-electron chi connectivity index (χ1n) is 6.81. The normalized spacial score (nSPS) is 31.0. The third-order valence-corrected chi connectivity index (χ3v) is 5.05. The Bertz CT molecular complexity index is 409. The van der Waals surface area contributed by atoms with Gasteiger partial charge >= 0.3 is 6.03 Å². The van der Waals surface area contributed by atoms with E-state index in [-0.39, 0.29) is 5.41 Å². The molecule has 2 rings (SSSR count). The monoisotopic (exact) mass is 248 g/mol. The Kier molecular flexibility index (Phi) is 3.26. The van der Waals surface area contributed by atoms with Crippen molar-refractivity contribution >= 4 is 6.03 Å². The van der Waals surface area contributed by atoms with Gasteiger partial charge in [-0.2, -0.15) is 0 Å². The Balaban J connectivity index is 2.21. The first-order chi connectivity index (χ1) is 8.37. The van der Waals surface area contributed by atoms with Gasteiger partial charge in [0, 0.05) is 5.70 Å². The van der Waals surface area contributed by atoms with Crippen molar-refractivity contribution in [3.05, 3.63) is 23.9 Å². The Morgan fingerprint density at radius 2 is 2.11 bits per heavy atom. The fourth-order valence-electron chi connectivity index (χ4n) is 3.76. The summed E-state index contributed by atoms with van der Waals surface area (Å²) in [6.07, 6.45) is 8.76. The molecule has 1 saturated carbocycles. The number of amides is 2. The summed E-state index contributed by atoms with van der Waals surface area (Å²) in [6, 6.07) is -0.459. The standard InChI is InChI=1S/C15H24N2O/c1-11-5-4-8-14(2,3)15(11)9-6-12(7-10-15)17-13(16)18/h6H,1,4-5,7-10H2,2-3H3,(H3,16,17,18). The maximum atomic E-state index is 10.9. The van der Waals surface area contributed by atoms with Crippen LogP contribution < -0.4 is 11.1 Å². The van der Waals surface area contributed by atoms with Gasteiger partial charge in [0.25, 0.3) is 0 Å². The van der Waals surface area contributed by atoms with Crippen LogP contribution in [0.1, 0.15) is 52.4 Å². The second-order valence-corrected chi connectivity index (χ2v) is 6.35. The summed E-state index contributed by atoms with van der Waals surface area (Å²) >= 11 is 0. The Hall–Kier alpha value is -1.25. The maximum absolute atomic E-state index is 10.9. The number of primary amides is 1. The SMILES string of the molecule is C=C1CCCC(C)(C)C12CC=C(NC(N)=O)CC2. The van der Waals surface area contributed by atoms with E-state index in [1.165, 1.54) is 18.4 Å². The molecule has 1 atom stereocenters. The van der Waals surface area contributed by atoms with Gasteiger partial charge in [-0.3, -0.25) is 0 Å². The van der Waals surface area contributed by atoms with E-state index >= 15 is 0 Å². The highest BCUT2D eigenvalue weighted by Gasteiger charge is 2.48. The van der Waals surface area contributed by atoms with Crippen LogP contribution in [0.2, 0.25) is 0 Å². The number of rotatable bonds is 1. The second kappa shape index (κ2) is 4.45. The fraction of sp³-hybridized carbons (Fsp3) is 0.667. The maximum Gasteiger partial charge on any atom is 0.316 e. The van der Waals surface area contributed by atoms with Crippen molar-refractivity contribution in [1.82, 2.24) is 5.32 Å². The van der Waals surface area contributed by atoms with Crippen molar-refractivity contribution in [2.75, 3.05) is 0 Å². The van der Waals surface area contributed by atoms with Crippen molar-refractivity contribution in [3.8, 4) is 0 Å². The molecular formula is C15H24N2O. The van der Waals surface area contributed by atoms with E-state index in [2.05, 4.69) is 31.8 Å². The van der Waals surface area contributed by atoms with E-state index in [9.17, 15) is 4.79 Å². The van der Waals surface area contributed by atoms with Crippen LogP contribution in [0.4, 0.5) is 4.79 Å². The van der Waals surface area contributed by atoms with Crippen molar-refractivity contribution in [3.63, 3.8) is 0 Å². The predicted octanol–water partition coefficient (Wildman–Crippen LogP) is 3.48. The van der Waals surface area contributed by atoms with Crippen LogP contribution in [-0.2, 0) is 0 Å². The molecule has 3 heteroatoms. The summed E-state index contributed by atoms with van der Waals surface area (Å²) in [5, 5.41) is 2.72. The summed E-state index contributed by atoms with van der Waals surface area (Å²) in [5.74, 6) is 0. The van der Waals surface area contributed by atoms with Crippen LogP contribution in [-0.4, -0.2) is 6.03 Å². The predicted molar refractivity (Wildman–Crippen MR) is 73.9 cm³/mol. The topological polar surface area (TPSA) is 55.1 Å². The zero-order valence-electron chi connectivity index (χ0n) is 11.5. The molecule has 0 aromatic rings. The average molecular weight is 248 g/mol. The van der Waals surface area contributed by atoms with Gasteiger partial charge < -0.3 is 11.1 Å². The molecule has 1 spiro atoms. The molecular weight excluding hydrogens is 224 g/mol. The summed E-state index contributed by atoms with van der Waals surface area (Å²) in [5.41, 5.74) is 8.06. The van der Waals surface area contributed by atoms with Gasteiger partial charge in [-0.15, -0.1) is 0 Å². The van der Waals surface area contributed by atoms with Crippen LogP contribution in [0.3, 0.4) is 0 Å². The van der Waals surface area contributed by atoms with E-state index in [0.717, 1.165) is 31.4 Å². The van der Waals surface area contributed by atoms with E-state index in [0.29, 0.717) is 5.41 Å². The largest absolute Gasteiger partial charge is 0.351 e. The van der Waals surface area contributed by atoms with Gasteiger partial charge in [0.1, 0.15) is 0 Å². The summed E-state index contributed by atoms with van der Waals surface area (Å²) in [6.45, 7) is 9.05. The Morgan fingerprint density at radius 1 is 1.39 bits per heavy atom. The number of hydrogen-bond acceptors (Lipinski definition) is 1. The number of nitrogens with one attached hydrogen (secondary N) is 1. The number of hydrogen-bond donors (Lipinski definition) is 2. The molecule has 1 fully saturated rings. The first-order valence-corrected chi connectivity index (χ1v) is 6.81. The zero-order chi connectivity index (χ0) is 13.4. The number of allylic oxidation sites excluding steroid dienone is 3. The van der Waals surface area contributed by atoms with Crippen molar-refractivity contribution in [1.29, 1.82) is 0 Å². The lowest BCUT2D eigenvalue weighted by Gasteiger charge is -2.53. The van der Waals surface area contributed by atoms with Crippen LogP contribution in [0.25, 0.3) is 0 Å². The van der Waals surface area contributed by atoms with Crippen LogP contribution >= 0.6 is 0 Å². The zero-order valence-corrected chi connectivity index (χ0v) is 11.5. The molecule has 0 saturated heterocycles. The third kappa shape index (κ3) is 2.06. The van der Waals surface area contributed by atoms with Crippen LogP contribution in [0, 0.1) is 10.8 Å². The van der Waals surface area contributed by atoms with Gasteiger partial charge in [0.05, 0.1) is 0 Å². The molecule has 0 bridgehead atoms. The van der Waals surface area contributed by atoms with Crippen molar-refractivity contribution in [2.45, 2.75) is 52.4 Å². The molecule has 18 heavy (non-hydrogen) atoms. The quantitative estimate of drug-likeness (QED) is 0.686. The number of carbonyl (C=O) groups is 1. The van der Waals surface area contributed by atoms with Crippen molar-refractivity contribution < 1.29 is 4.79 Å². The molecule has 0 aliphatic heterocycles. The highest BCUT2D eigenvalue weighted by Crippen LogP contribution is 2.59. The van der Waals surface area contributed by atoms with Crippen LogP contribution in [0.5, 0.6) is 0 Å². The summed E-state index contributed by atoms with van der Waals surface area (Å²) in [4.78, 5) is 10.9. The minimum absolute atomic E-state index is 0.216. The molecule has 2 amide bonds. The fourth-order valence-corrected chi connectivity index (χ4v) is 3.76. The highest BCUT2D eigenvalue weighted by molar-refractivity contribution is 5.73. The Labute approximate surface area is 110 Å². The van der Waals surface area contributed by atoms with Gasteiger partial charge in [0.15, 0.2) is 0 Å². The van der Waals surface area contributed by atoms with Gasteiger partial charge in [-0.05, 0) is 49.4 Å². The molecule has 2 aliphatic carbocycles. The summed E-state index contributed by atoms with van der Waals surface area (Å²) in [7, 11) is 0. The van der Waals surface area contributed by atoms with E-state index in [1.54, 1.807) is 0 Å². The smallest absolute Gasteiger partial charge is 0.316 e. The molecule has 0 aromatic carbocycles. The molecule has 1 unspecified atom stereocenters.